The van der Waals surface area contributed by atoms with Crippen LogP contribution in [0.25, 0.3) is 34.0 Å². The molecule has 4 heterocycles. The monoisotopic (exact) mass is 436 g/mol. The summed E-state index contributed by atoms with van der Waals surface area (Å²) in [6.45, 7) is 4.42. The maximum Gasteiger partial charge on any atom is 0.217 e. The average molecular weight is 436 g/mol. The van der Waals surface area contributed by atoms with Crippen molar-refractivity contribution < 1.29 is 9.15 Å². The van der Waals surface area contributed by atoms with Crippen molar-refractivity contribution in [2.75, 3.05) is 0 Å². The number of benzene rings is 2. The number of ether oxygens (including phenoxy) is 1. The van der Waals surface area contributed by atoms with E-state index in [2.05, 4.69) is 28.2 Å². The number of para-hydroxylation sites is 1. The fourth-order valence-electron chi connectivity index (χ4n) is 3.87. The van der Waals surface area contributed by atoms with Crippen LogP contribution in [0, 0.1) is 13.8 Å². The number of aryl methyl sites for hydroxylation is 2. The third-order valence-electron chi connectivity index (χ3n) is 5.49. The van der Waals surface area contributed by atoms with Gasteiger partial charge in [-0.2, -0.15) is 5.10 Å². The Hall–Kier alpha value is -4.46. The molecule has 8 nitrogen and oxygen atoms in total. The molecule has 0 unspecified atom stereocenters. The highest BCUT2D eigenvalue weighted by molar-refractivity contribution is 5.89. The van der Waals surface area contributed by atoms with Crippen LogP contribution in [0.1, 0.15) is 16.9 Å². The Kier molecular flexibility index (Phi) is 4.43. The molecule has 0 saturated heterocycles. The molecule has 0 N–H and O–H groups in total. The second-order valence-corrected chi connectivity index (χ2v) is 7.90. The van der Waals surface area contributed by atoms with Crippen LogP contribution in [0.3, 0.4) is 0 Å². The van der Waals surface area contributed by atoms with E-state index in [0.29, 0.717) is 29.6 Å². The third kappa shape index (κ3) is 3.41. The number of rotatable bonds is 5. The molecule has 0 aliphatic carbocycles. The fourth-order valence-corrected chi connectivity index (χ4v) is 3.87. The van der Waals surface area contributed by atoms with E-state index in [1.165, 1.54) is 5.56 Å². The first kappa shape index (κ1) is 19.2. The molecule has 0 fully saturated rings. The first-order valence-electron chi connectivity index (χ1n) is 10.6. The highest BCUT2D eigenvalue weighted by Gasteiger charge is 2.16. The molecular weight excluding hydrogens is 416 g/mol. The van der Waals surface area contributed by atoms with Gasteiger partial charge in [-0.1, -0.05) is 35.9 Å². The summed E-state index contributed by atoms with van der Waals surface area (Å²) < 4.78 is 15.3. The van der Waals surface area contributed by atoms with Crippen molar-refractivity contribution in [2.24, 2.45) is 0 Å². The van der Waals surface area contributed by atoms with Crippen LogP contribution in [-0.4, -0.2) is 29.4 Å². The van der Waals surface area contributed by atoms with Gasteiger partial charge in [-0.05, 0) is 49.7 Å². The smallest absolute Gasteiger partial charge is 0.217 e. The van der Waals surface area contributed by atoms with Gasteiger partial charge in [0.05, 0.1) is 17.3 Å². The van der Waals surface area contributed by atoms with E-state index >= 15 is 0 Å². The molecule has 0 bridgehead atoms. The maximum atomic E-state index is 5.97. The van der Waals surface area contributed by atoms with E-state index in [9.17, 15) is 0 Å². The van der Waals surface area contributed by atoms with Crippen molar-refractivity contribution >= 4 is 16.7 Å². The number of fused-ring (bicyclic) bond motifs is 3. The van der Waals surface area contributed by atoms with Gasteiger partial charge in [-0.15, -0.1) is 5.10 Å². The van der Waals surface area contributed by atoms with Gasteiger partial charge >= 0.3 is 0 Å². The van der Waals surface area contributed by atoms with Crippen LogP contribution in [0.2, 0.25) is 0 Å². The first-order chi connectivity index (χ1) is 16.2. The highest BCUT2D eigenvalue weighted by atomic mass is 16.5. The molecule has 0 saturated carbocycles. The summed E-state index contributed by atoms with van der Waals surface area (Å²) >= 11 is 0. The zero-order valence-electron chi connectivity index (χ0n) is 18.1. The lowest BCUT2D eigenvalue weighted by atomic mass is 10.1. The van der Waals surface area contributed by atoms with E-state index in [1.54, 1.807) is 21.7 Å². The highest BCUT2D eigenvalue weighted by Crippen LogP contribution is 2.25. The number of hydrogen-bond acceptors (Lipinski definition) is 6. The number of hydrogen-bond donors (Lipinski definition) is 0. The van der Waals surface area contributed by atoms with Crippen LogP contribution >= 0.6 is 0 Å². The van der Waals surface area contributed by atoms with Gasteiger partial charge in [0.2, 0.25) is 5.82 Å². The Labute approximate surface area is 189 Å². The Morgan fingerprint density at radius 2 is 1.85 bits per heavy atom. The van der Waals surface area contributed by atoms with Crippen molar-refractivity contribution in [2.45, 2.75) is 20.5 Å². The van der Waals surface area contributed by atoms with Gasteiger partial charge in [-0.3, -0.25) is 0 Å². The maximum absolute atomic E-state index is 5.97. The van der Waals surface area contributed by atoms with Gasteiger partial charge in [-0.25, -0.2) is 19.2 Å². The van der Waals surface area contributed by atoms with Crippen molar-refractivity contribution in [3.05, 3.63) is 90.1 Å². The summed E-state index contributed by atoms with van der Waals surface area (Å²) in [5, 5.41) is 9.85. The summed E-state index contributed by atoms with van der Waals surface area (Å²) in [6.07, 6.45) is 3.40. The molecule has 0 aliphatic rings. The molecule has 0 amide bonds. The Morgan fingerprint density at radius 3 is 2.70 bits per heavy atom. The molecule has 0 radical (unpaired) electrons. The molecule has 33 heavy (non-hydrogen) atoms. The van der Waals surface area contributed by atoms with Gasteiger partial charge < -0.3 is 9.15 Å². The van der Waals surface area contributed by atoms with E-state index < -0.39 is 0 Å². The minimum absolute atomic E-state index is 0.326. The summed E-state index contributed by atoms with van der Waals surface area (Å²) in [5.41, 5.74) is 4.62. The van der Waals surface area contributed by atoms with Gasteiger partial charge in [0.25, 0.3) is 0 Å². The Morgan fingerprint density at radius 1 is 0.970 bits per heavy atom. The average Bonchev–Trinajstić information content (AvgIpc) is 3.56. The molecule has 4 aromatic heterocycles. The van der Waals surface area contributed by atoms with Gasteiger partial charge in [0, 0.05) is 0 Å². The molecule has 8 heteroatoms. The van der Waals surface area contributed by atoms with Crippen molar-refractivity contribution in [1.82, 2.24) is 29.4 Å². The van der Waals surface area contributed by atoms with Crippen molar-refractivity contribution in [1.29, 1.82) is 0 Å². The number of furan rings is 1. The third-order valence-corrected chi connectivity index (χ3v) is 5.49. The SMILES string of the molecule is Cc1ccc(OCc2ccc(-c3nc4c5cnn(-c6ccccc6)c5ncn4n3)o2)c(C)c1. The van der Waals surface area contributed by atoms with Crippen LogP contribution in [-0.2, 0) is 6.61 Å². The van der Waals surface area contributed by atoms with Crippen LogP contribution in [0.4, 0.5) is 0 Å². The van der Waals surface area contributed by atoms with Crippen LogP contribution < -0.4 is 4.74 Å². The normalized spacial score (nSPS) is 11.5. The molecular formula is C25H20N6O2. The van der Waals surface area contributed by atoms with Crippen LogP contribution in [0.15, 0.2) is 77.6 Å². The molecule has 6 aromatic rings. The summed E-state index contributed by atoms with van der Waals surface area (Å²) in [5.74, 6) is 2.59. The standard InChI is InChI=1S/C25H20N6O2/c1-16-8-10-21(17(2)12-16)32-14-19-9-11-22(33-19)23-28-25-20-13-27-31(18-6-4-3-5-7-18)24(20)26-15-30(25)29-23/h3-13,15H,14H2,1-2H3. The quantitative estimate of drug-likeness (QED) is 0.381. The van der Waals surface area contributed by atoms with Crippen molar-refractivity contribution in [3.63, 3.8) is 0 Å². The lowest BCUT2D eigenvalue weighted by Gasteiger charge is -2.08. The van der Waals surface area contributed by atoms with E-state index in [0.717, 1.165) is 28.0 Å². The zero-order valence-corrected chi connectivity index (χ0v) is 18.1. The molecule has 2 aromatic carbocycles. The zero-order chi connectivity index (χ0) is 22.4. The van der Waals surface area contributed by atoms with Gasteiger partial charge in [0.1, 0.15) is 24.4 Å². The second-order valence-electron chi connectivity index (χ2n) is 7.90. The predicted molar refractivity (Wildman–Crippen MR) is 123 cm³/mol. The second kappa shape index (κ2) is 7.59. The van der Waals surface area contributed by atoms with E-state index in [1.807, 2.05) is 61.5 Å². The van der Waals surface area contributed by atoms with E-state index in [-0.39, 0.29) is 0 Å². The molecule has 0 atom stereocenters. The summed E-state index contributed by atoms with van der Waals surface area (Å²) in [6, 6.07) is 19.7. The molecule has 0 spiro atoms. The summed E-state index contributed by atoms with van der Waals surface area (Å²) in [4.78, 5) is 9.24. The molecule has 6 rings (SSSR count). The Bertz CT molecular complexity index is 1600. The minimum atomic E-state index is 0.326. The fraction of sp³-hybridized carbons (Fsp3) is 0.120. The Balaban J connectivity index is 1.29. The largest absolute Gasteiger partial charge is 0.485 e. The number of aromatic nitrogens is 6. The predicted octanol–water partition coefficient (Wildman–Crippen LogP) is 4.92. The summed E-state index contributed by atoms with van der Waals surface area (Å²) in [7, 11) is 0. The lowest BCUT2D eigenvalue weighted by molar-refractivity contribution is 0.270. The van der Waals surface area contributed by atoms with Crippen molar-refractivity contribution in [3.8, 4) is 23.0 Å². The first-order valence-corrected chi connectivity index (χ1v) is 10.6. The minimum Gasteiger partial charge on any atom is -0.485 e. The molecule has 162 valence electrons. The van der Waals surface area contributed by atoms with E-state index in [4.69, 9.17) is 14.1 Å². The van der Waals surface area contributed by atoms with Crippen LogP contribution in [0.5, 0.6) is 5.75 Å². The number of nitrogens with zero attached hydrogens (tertiary/aromatic N) is 6. The molecule has 0 aliphatic heterocycles. The lowest BCUT2D eigenvalue weighted by Crippen LogP contribution is -1.98. The topological polar surface area (TPSA) is 83.3 Å². The van der Waals surface area contributed by atoms with Gasteiger partial charge in [0.15, 0.2) is 17.1 Å².